The van der Waals surface area contributed by atoms with E-state index in [0.717, 1.165) is 16.9 Å². The molecule has 0 saturated carbocycles. The Kier molecular flexibility index (Phi) is 2.76. The zero-order valence-corrected chi connectivity index (χ0v) is 11.0. The van der Waals surface area contributed by atoms with Crippen molar-refractivity contribution in [2.45, 2.75) is 0 Å². The van der Waals surface area contributed by atoms with Crippen LogP contribution in [0.2, 0.25) is 5.02 Å². The minimum absolute atomic E-state index is 0.616. The van der Waals surface area contributed by atoms with Crippen molar-refractivity contribution < 1.29 is 0 Å². The summed E-state index contributed by atoms with van der Waals surface area (Å²) >= 11 is 6.30. The molecule has 96 valence electrons. The second kappa shape index (κ2) is 4.44. The summed E-state index contributed by atoms with van der Waals surface area (Å²) < 4.78 is 3.49. The van der Waals surface area contributed by atoms with E-state index in [1.165, 1.54) is 0 Å². The monoisotopic (exact) mass is 273 g/mol. The summed E-state index contributed by atoms with van der Waals surface area (Å²) in [6, 6.07) is 7.59. The van der Waals surface area contributed by atoms with Gasteiger partial charge < -0.3 is 10.3 Å². The summed E-state index contributed by atoms with van der Waals surface area (Å²) in [4.78, 5) is 4.01. The molecule has 19 heavy (non-hydrogen) atoms. The molecule has 0 amide bonds. The topological polar surface area (TPSA) is 61.7 Å². The van der Waals surface area contributed by atoms with Gasteiger partial charge in [0, 0.05) is 31.1 Å². The third kappa shape index (κ3) is 2.08. The predicted octanol–water partition coefficient (Wildman–Crippen LogP) is 2.51. The molecule has 0 aliphatic heterocycles. The second-order valence-corrected chi connectivity index (χ2v) is 4.62. The first-order chi connectivity index (χ1) is 9.15. The summed E-state index contributed by atoms with van der Waals surface area (Å²) in [6.45, 7) is 0. The lowest BCUT2D eigenvalue weighted by atomic mass is 10.1. The summed E-state index contributed by atoms with van der Waals surface area (Å²) in [5.41, 5.74) is 8.40. The lowest BCUT2D eigenvalue weighted by Crippen LogP contribution is -1.96. The van der Waals surface area contributed by atoms with Crippen LogP contribution in [0, 0.1) is 0 Å². The SMILES string of the molecule is Cn1nc(-c2ccc(-n3ccnc3)c(Cl)c2)cc1N. The van der Waals surface area contributed by atoms with Gasteiger partial charge in [0.15, 0.2) is 0 Å². The molecule has 5 nitrogen and oxygen atoms in total. The standard InChI is InChI=1S/C13H12ClN5/c1-18-13(15)7-11(17-18)9-2-3-12(10(14)6-9)19-5-4-16-8-19/h2-8H,15H2,1H3. The van der Waals surface area contributed by atoms with Gasteiger partial charge in [-0.25, -0.2) is 4.98 Å². The Morgan fingerprint density at radius 1 is 1.26 bits per heavy atom. The van der Waals surface area contributed by atoms with Gasteiger partial charge in [0.25, 0.3) is 0 Å². The van der Waals surface area contributed by atoms with E-state index in [9.17, 15) is 0 Å². The van der Waals surface area contributed by atoms with Crippen LogP contribution < -0.4 is 5.73 Å². The van der Waals surface area contributed by atoms with Gasteiger partial charge in [-0.2, -0.15) is 5.10 Å². The molecule has 0 bridgehead atoms. The van der Waals surface area contributed by atoms with Gasteiger partial charge in [-0.05, 0) is 12.1 Å². The molecule has 0 aliphatic rings. The molecule has 0 spiro atoms. The van der Waals surface area contributed by atoms with Crippen molar-refractivity contribution in [3.63, 3.8) is 0 Å². The number of aromatic nitrogens is 4. The lowest BCUT2D eigenvalue weighted by Gasteiger charge is -2.06. The van der Waals surface area contributed by atoms with Gasteiger partial charge in [0.1, 0.15) is 5.82 Å². The third-order valence-corrected chi connectivity index (χ3v) is 3.24. The molecule has 0 saturated heterocycles. The van der Waals surface area contributed by atoms with Crippen LogP contribution in [0.1, 0.15) is 0 Å². The maximum absolute atomic E-state index is 6.30. The van der Waals surface area contributed by atoms with Gasteiger partial charge in [-0.15, -0.1) is 0 Å². The molecule has 6 heteroatoms. The number of nitrogens with zero attached hydrogens (tertiary/aromatic N) is 4. The van der Waals surface area contributed by atoms with E-state index in [1.807, 2.05) is 35.0 Å². The van der Waals surface area contributed by atoms with E-state index in [2.05, 4.69) is 10.1 Å². The molecule has 0 aliphatic carbocycles. The number of halogens is 1. The highest BCUT2D eigenvalue weighted by Gasteiger charge is 2.08. The van der Waals surface area contributed by atoms with Crippen LogP contribution in [0.25, 0.3) is 16.9 Å². The van der Waals surface area contributed by atoms with E-state index in [-0.39, 0.29) is 0 Å². The van der Waals surface area contributed by atoms with Crippen molar-refractivity contribution in [2.75, 3.05) is 5.73 Å². The second-order valence-electron chi connectivity index (χ2n) is 4.21. The molecular formula is C13H12ClN5. The molecule has 0 fully saturated rings. The van der Waals surface area contributed by atoms with Crippen molar-refractivity contribution in [1.82, 2.24) is 19.3 Å². The van der Waals surface area contributed by atoms with E-state index < -0.39 is 0 Å². The Balaban J connectivity index is 2.04. The number of rotatable bonds is 2. The molecule has 0 radical (unpaired) electrons. The Labute approximate surface area is 115 Å². The maximum atomic E-state index is 6.30. The molecule has 1 aromatic carbocycles. The average Bonchev–Trinajstić information content (AvgIpc) is 3.00. The van der Waals surface area contributed by atoms with E-state index in [1.54, 1.807) is 24.3 Å². The summed E-state index contributed by atoms with van der Waals surface area (Å²) in [6.07, 6.45) is 5.27. The van der Waals surface area contributed by atoms with Crippen LogP contribution in [0.3, 0.4) is 0 Å². The number of benzene rings is 1. The highest BCUT2D eigenvalue weighted by molar-refractivity contribution is 6.32. The molecular weight excluding hydrogens is 262 g/mol. The van der Waals surface area contributed by atoms with E-state index in [4.69, 9.17) is 17.3 Å². The van der Waals surface area contributed by atoms with Crippen LogP contribution in [0.5, 0.6) is 0 Å². The van der Waals surface area contributed by atoms with Crippen molar-refractivity contribution >= 4 is 17.4 Å². The van der Waals surface area contributed by atoms with E-state index >= 15 is 0 Å². The van der Waals surface area contributed by atoms with Gasteiger partial charge in [-0.1, -0.05) is 17.7 Å². The first-order valence-electron chi connectivity index (χ1n) is 5.73. The van der Waals surface area contributed by atoms with Gasteiger partial charge >= 0.3 is 0 Å². The van der Waals surface area contributed by atoms with Crippen LogP contribution >= 0.6 is 11.6 Å². The number of nitrogen functional groups attached to an aromatic ring is 1. The number of hydrogen-bond donors (Lipinski definition) is 1. The largest absolute Gasteiger partial charge is 0.384 e. The Morgan fingerprint density at radius 2 is 2.11 bits per heavy atom. The first-order valence-corrected chi connectivity index (χ1v) is 6.11. The quantitative estimate of drug-likeness (QED) is 0.780. The van der Waals surface area contributed by atoms with Crippen molar-refractivity contribution in [2.24, 2.45) is 7.05 Å². The molecule has 2 N–H and O–H groups in total. The minimum Gasteiger partial charge on any atom is -0.384 e. The highest BCUT2D eigenvalue weighted by Crippen LogP contribution is 2.27. The molecule has 2 aromatic heterocycles. The summed E-state index contributed by atoms with van der Waals surface area (Å²) in [5, 5.41) is 4.97. The minimum atomic E-state index is 0.616. The highest BCUT2D eigenvalue weighted by atomic mass is 35.5. The fraction of sp³-hybridized carbons (Fsp3) is 0.0769. The molecule has 0 atom stereocenters. The first kappa shape index (κ1) is 11.8. The fourth-order valence-electron chi connectivity index (χ4n) is 1.90. The summed E-state index contributed by atoms with van der Waals surface area (Å²) in [7, 11) is 1.81. The number of anilines is 1. The van der Waals surface area contributed by atoms with Crippen molar-refractivity contribution in [3.05, 3.63) is 48.0 Å². The Hall–Kier alpha value is -2.27. The molecule has 0 unspecified atom stereocenters. The molecule has 3 rings (SSSR count). The molecule has 3 aromatic rings. The van der Waals surface area contributed by atoms with Crippen molar-refractivity contribution in [3.8, 4) is 16.9 Å². The van der Waals surface area contributed by atoms with Crippen LogP contribution in [-0.2, 0) is 7.05 Å². The summed E-state index contributed by atoms with van der Waals surface area (Å²) in [5.74, 6) is 0.616. The maximum Gasteiger partial charge on any atom is 0.121 e. The smallest absolute Gasteiger partial charge is 0.121 e. The van der Waals surface area contributed by atoms with E-state index in [0.29, 0.717) is 10.8 Å². The third-order valence-electron chi connectivity index (χ3n) is 2.94. The number of imidazole rings is 1. The van der Waals surface area contributed by atoms with Gasteiger partial charge in [0.2, 0.25) is 0 Å². The predicted molar refractivity (Wildman–Crippen MR) is 75.2 cm³/mol. The number of hydrogen-bond acceptors (Lipinski definition) is 3. The van der Waals surface area contributed by atoms with Gasteiger partial charge in [0.05, 0.1) is 22.7 Å². The van der Waals surface area contributed by atoms with Crippen LogP contribution in [0.4, 0.5) is 5.82 Å². The fourth-order valence-corrected chi connectivity index (χ4v) is 2.18. The number of nitrogens with two attached hydrogens (primary N) is 1. The van der Waals surface area contributed by atoms with Gasteiger partial charge in [-0.3, -0.25) is 4.68 Å². The molecule has 2 heterocycles. The Bertz CT molecular complexity index is 695. The normalized spacial score (nSPS) is 10.8. The van der Waals surface area contributed by atoms with Crippen LogP contribution in [-0.4, -0.2) is 19.3 Å². The number of aryl methyl sites for hydroxylation is 1. The lowest BCUT2D eigenvalue weighted by molar-refractivity contribution is 0.782. The zero-order chi connectivity index (χ0) is 13.4. The van der Waals surface area contributed by atoms with Crippen molar-refractivity contribution in [1.29, 1.82) is 0 Å². The average molecular weight is 274 g/mol. The zero-order valence-electron chi connectivity index (χ0n) is 10.3. The Morgan fingerprint density at radius 3 is 2.68 bits per heavy atom. The van der Waals surface area contributed by atoms with Crippen LogP contribution in [0.15, 0.2) is 43.0 Å².